The first kappa shape index (κ1) is 37.9. The van der Waals surface area contributed by atoms with Gasteiger partial charge in [-0.1, -0.05) is 182 Å². The van der Waals surface area contributed by atoms with Crippen molar-refractivity contribution in [1.82, 2.24) is 5.32 Å². The summed E-state index contributed by atoms with van der Waals surface area (Å²) >= 11 is 1.95. The molecule has 3 unspecified atom stereocenters. The Morgan fingerprint density at radius 2 is 1.33 bits per heavy atom. The van der Waals surface area contributed by atoms with Crippen LogP contribution in [0, 0.1) is 5.92 Å². The third-order valence-electron chi connectivity index (χ3n) is 13.7. The summed E-state index contributed by atoms with van der Waals surface area (Å²) in [5.41, 5.74) is 19.5. The van der Waals surface area contributed by atoms with Crippen molar-refractivity contribution in [2.24, 2.45) is 5.92 Å². The van der Waals surface area contributed by atoms with Crippen molar-refractivity contribution in [2.45, 2.75) is 64.0 Å². The van der Waals surface area contributed by atoms with Crippen LogP contribution in [-0.2, 0) is 6.42 Å². The molecule has 3 atom stereocenters. The van der Waals surface area contributed by atoms with Gasteiger partial charge in [-0.2, -0.15) is 0 Å². The van der Waals surface area contributed by atoms with Gasteiger partial charge in [-0.3, -0.25) is 0 Å². The van der Waals surface area contributed by atoms with Crippen LogP contribution in [0.15, 0.2) is 188 Å². The van der Waals surface area contributed by atoms with E-state index in [9.17, 15) is 0 Å². The molecule has 0 saturated carbocycles. The van der Waals surface area contributed by atoms with Gasteiger partial charge in [-0.05, 0) is 135 Å². The fourth-order valence-corrected chi connectivity index (χ4v) is 11.9. The Morgan fingerprint density at radius 1 is 0.590 bits per heavy atom. The molecule has 3 aliphatic rings. The molecule has 7 aromatic carbocycles. The second-order valence-electron chi connectivity index (χ2n) is 17.3. The van der Waals surface area contributed by atoms with Crippen LogP contribution in [0.25, 0.3) is 64.7 Å². The molecule has 1 N–H and O–H groups in total. The van der Waals surface area contributed by atoms with Gasteiger partial charge >= 0.3 is 0 Å². The average Bonchev–Trinajstić information content (AvgIpc) is 3.93. The zero-order valence-electron chi connectivity index (χ0n) is 34.9. The van der Waals surface area contributed by atoms with Gasteiger partial charge in [0.05, 0.1) is 0 Å². The molecule has 61 heavy (non-hydrogen) atoms. The van der Waals surface area contributed by atoms with E-state index in [1.807, 2.05) is 11.3 Å². The molecule has 1 aliphatic heterocycles. The van der Waals surface area contributed by atoms with Gasteiger partial charge in [-0.25, -0.2) is 0 Å². The highest BCUT2D eigenvalue weighted by Gasteiger charge is 2.30. The molecule has 1 nitrogen and oxygen atoms in total. The number of rotatable bonds is 7. The first-order valence-electron chi connectivity index (χ1n) is 22.4. The molecule has 0 amide bonds. The van der Waals surface area contributed by atoms with Crippen LogP contribution in [0.2, 0.25) is 0 Å². The second-order valence-corrected chi connectivity index (χ2v) is 18.3. The van der Waals surface area contributed by atoms with Crippen molar-refractivity contribution in [2.75, 3.05) is 0 Å². The fourth-order valence-electron chi connectivity index (χ4n) is 10.7. The van der Waals surface area contributed by atoms with Gasteiger partial charge in [0.2, 0.25) is 0 Å². The van der Waals surface area contributed by atoms with Crippen LogP contribution >= 0.6 is 11.3 Å². The van der Waals surface area contributed by atoms with Crippen LogP contribution in [0.1, 0.15) is 85.3 Å². The van der Waals surface area contributed by atoms with E-state index < -0.39 is 0 Å². The normalized spacial score (nSPS) is 19.8. The topological polar surface area (TPSA) is 12.0 Å². The van der Waals surface area contributed by atoms with Gasteiger partial charge in [0.15, 0.2) is 0 Å². The van der Waals surface area contributed by atoms with Gasteiger partial charge in [0.25, 0.3) is 0 Å². The summed E-state index contributed by atoms with van der Waals surface area (Å²) in [7, 11) is 0. The molecule has 11 rings (SSSR count). The Bertz CT molecular complexity index is 2980. The lowest BCUT2D eigenvalue weighted by Gasteiger charge is -2.29. The van der Waals surface area contributed by atoms with E-state index in [-0.39, 0.29) is 12.1 Å². The summed E-state index contributed by atoms with van der Waals surface area (Å²) in [6.45, 7) is 2.36. The first-order chi connectivity index (χ1) is 30.2. The number of allylic oxidation sites excluding steroid dienone is 6. The minimum Gasteiger partial charge on any atom is -0.303 e. The van der Waals surface area contributed by atoms with Crippen molar-refractivity contribution in [1.29, 1.82) is 0 Å². The number of thiophene rings is 1. The van der Waals surface area contributed by atoms with Gasteiger partial charge in [0.1, 0.15) is 0 Å². The zero-order chi connectivity index (χ0) is 40.7. The fraction of sp³-hybridized carbons (Fsp3) is 0.186. The summed E-state index contributed by atoms with van der Waals surface area (Å²) in [6.07, 6.45) is 14.9. The molecule has 2 heterocycles. The van der Waals surface area contributed by atoms with E-state index in [0.29, 0.717) is 5.92 Å². The number of hydrogen-bond donors (Lipinski definition) is 1. The van der Waals surface area contributed by atoms with Gasteiger partial charge in [0, 0.05) is 32.3 Å². The molecule has 2 heteroatoms. The maximum Gasteiger partial charge on any atom is 0.0433 e. The molecule has 0 saturated heterocycles. The van der Waals surface area contributed by atoms with Crippen LogP contribution in [0.5, 0.6) is 0 Å². The van der Waals surface area contributed by atoms with Crippen molar-refractivity contribution >= 4 is 42.7 Å². The van der Waals surface area contributed by atoms with E-state index in [1.165, 1.54) is 92.5 Å². The minimum atomic E-state index is 0.221. The zero-order valence-corrected chi connectivity index (χ0v) is 35.7. The number of hydrogen-bond acceptors (Lipinski definition) is 2. The Labute approximate surface area is 364 Å². The Hall–Kier alpha value is -6.06. The molecule has 0 radical (unpaired) electrons. The maximum absolute atomic E-state index is 4.26. The first-order valence-corrected chi connectivity index (χ1v) is 23.2. The molecule has 2 aliphatic carbocycles. The molecule has 0 fully saturated rings. The minimum absolute atomic E-state index is 0.221. The lowest BCUT2D eigenvalue weighted by Crippen LogP contribution is -2.28. The largest absolute Gasteiger partial charge is 0.303 e. The lowest BCUT2D eigenvalue weighted by molar-refractivity contribution is 0.381. The van der Waals surface area contributed by atoms with Crippen LogP contribution in [0.4, 0.5) is 0 Å². The van der Waals surface area contributed by atoms with Crippen LogP contribution in [0.3, 0.4) is 0 Å². The molecule has 298 valence electrons. The molecular weight excluding hydrogens is 755 g/mol. The monoisotopic (exact) mass is 805 g/mol. The third kappa shape index (κ3) is 7.12. The van der Waals surface area contributed by atoms with Gasteiger partial charge < -0.3 is 5.32 Å². The van der Waals surface area contributed by atoms with Crippen molar-refractivity contribution in [3.8, 4) is 33.4 Å². The highest BCUT2D eigenvalue weighted by Crippen LogP contribution is 2.50. The quantitative estimate of drug-likeness (QED) is 0.169. The Kier molecular flexibility index (Phi) is 10.2. The highest BCUT2D eigenvalue weighted by atomic mass is 32.1. The SMILES string of the molecule is CCC1CC(c2ccccc2)NC(c2cccc(-c3ccc(-c4cccc5c4sc4cc(-c6ccccc6)ccc45)c4c3C3=C(CCC=C3)C4)c2)CC/C=C\1c1ccccc1. The molecule has 0 spiro atoms. The Balaban J connectivity index is 0.996. The summed E-state index contributed by atoms with van der Waals surface area (Å²) in [5, 5.41) is 6.96. The summed E-state index contributed by atoms with van der Waals surface area (Å²) in [5.74, 6) is 0.475. The summed E-state index contributed by atoms with van der Waals surface area (Å²) in [4.78, 5) is 0. The van der Waals surface area contributed by atoms with Crippen LogP contribution < -0.4 is 5.32 Å². The van der Waals surface area contributed by atoms with E-state index in [1.54, 1.807) is 5.57 Å². The molecule has 1 aromatic heterocycles. The standard InChI is InChI=1S/C59H51NS/c1-2-39-37-56(42-21-10-5-11-22-42)60-55(30-16-27-47(39)41-19-8-4-9-20-41)46-25-14-24-44(35-46)49-33-34-50(54-36-45-23-12-13-26-48(45)58(49)54)52-28-15-29-53-51-32-31-43(38-57(51)61-59(52)53)40-17-6-3-7-18-40/h3-11,13-15,17-22,24-29,31-35,38-39,55-56,60H,2,12,16,23,30,36-37H2,1H3/b47-27+. The van der Waals surface area contributed by atoms with Gasteiger partial charge in [-0.15, -0.1) is 11.3 Å². The number of fused-ring (bicyclic) bond motifs is 5. The highest BCUT2D eigenvalue weighted by molar-refractivity contribution is 7.26. The second kappa shape index (κ2) is 16.4. The predicted octanol–water partition coefficient (Wildman–Crippen LogP) is 16.4. The maximum atomic E-state index is 4.26. The number of nitrogens with one attached hydrogen (secondary N) is 1. The van der Waals surface area contributed by atoms with E-state index in [2.05, 4.69) is 194 Å². The molecule has 0 bridgehead atoms. The van der Waals surface area contributed by atoms with E-state index in [0.717, 1.165) is 44.9 Å². The van der Waals surface area contributed by atoms with Crippen molar-refractivity contribution in [3.05, 3.63) is 215 Å². The summed E-state index contributed by atoms with van der Waals surface area (Å²) < 4.78 is 2.73. The van der Waals surface area contributed by atoms with Crippen molar-refractivity contribution in [3.63, 3.8) is 0 Å². The van der Waals surface area contributed by atoms with Crippen molar-refractivity contribution < 1.29 is 0 Å². The summed E-state index contributed by atoms with van der Waals surface area (Å²) in [6, 6.07) is 61.9. The van der Waals surface area contributed by atoms with E-state index >= 15 is 0 Å². The predicted molar refractivity (Wildman–Crippen MR) is 262 cm³/mol. The Morgan fingerprint density at radius 3 is 2.15 bits per heavy atom. The average molecular weight is 806 g/mol. The van der Waals surface area contributed by atoms with Crippen LogP contribution in [-0.4, -0.2) is 0 Å². The lowest BCUT2D eigenvalue weighted by atomic mass is 9.83. The molecule has 8 aromatic rings. The molecular formula is C59H51NS. The number of benzene rings is 7. The van der Waals surface area contributed by atoms with E-state index in [4.69, 9.17) is 0 Å². The smallest absolute Gasteiger partial charge is 0.0433 e. The third-order valence-corrected chi connectivity index (χ3v) is 14.9.